The lowest BCUT2D eigenvalue weighted by atomic mass is 10.0. The Morgan fingerprint density at radius 3 is 1.93 bits per heavy atom. The predicted molar refractivity (Wildman–Crippen MR) is 124 cm³/mol. The fourth-order valence-electron chi connectivity index (χ4n) is 2.56. The number of nitrogens with one attached hydrogen (secondary N) is 2. The first-order valence-corrected chi connectivity index (χ1v) is 9.42. The van der Waals surface area contributed by atoms with Crippen molar-refractivity contribution in [1.82, 2.24) is 0 Å². The van der Waals surface area contributed by atoms with Crippen LogP contribution in [0.4, 0.5) is 16.2 Å². The first kappa shape index (κ1) is 22.4. The molecule has 1 unspecified atom stereocenters. The molecule has 0 aromatic heterocycles. The summed E-state index contributed by atoms with van der Waals surface area (Å²) in [4.78, 5) is 16.5. The zero-order chi connectivity index (χ0) is 22.1. The molecule has 0 saturated heterocycles. The Labute approximate surface area is 176 Å². The third kappa shape index (κ3) is 7.27. The highest BCUT2D eigenvalue weighted by molar-refractivity contribution is 6.01. The van der Waals surface area contributed by atoms with E-state index < -0.39 is 0 Å². The second-order valence-electron chi connectivity index (χ2n) is 6.87. The summed E-state index contributed by atoms with van der Waals surface area (Å²) >= 11 is 0. The summed E-state index contributed by atoms with van der Waals surface area (Å²) in [6, 6.07) is 14.5. The summed E-state index contributed by atoms with van der Waals surface area (Å²) in [6.45, 7) is 6.26. The molecule has 0 aliphatic carbocycles. The summed E-state index contributed by atoms with van der Waals surface area (Å²) < 4.78 is 0. The van der Waals surface area contributed by atoms with Gasteiger partial charge in [-0.3, -0.25) is 4.99 Å². The highest BCUT2D eigenvalue weighted by Gasteiger charge is 2.07. The normalized spacial score (nSPS) is 12.8. The smallest absolute Gasteiger partial charge is 0.323 e. The van der Waals surface area contributed by atoms with Crippen LogP contribution in [0.3, 0.4) is 0 Å². The summed E-state index contributed by atoms with van der Waals surface area (Å²) in [5, 5.41) is 13.1. The van der Waals surface area contributed by atoms with Gasteiger partial charge in [-0.1, -0.05) is 31.2 Å². The van der Waals surface area contributed by atoms with E-state index in [-0.39, 0.29) is 17.9 Å². The molecule has 0 heterocycles. The molecule has 1 atom stereocenters. The minimum atomic E-state index is -0.335. The molecule has 8 N–H and O–H groups in total. The lowest BCUT2D eigenvalue weighted by Gasteiger charge is -2.12. The van der Waals surface area contributed by atoms with Crippen LogP contribution < -0.4 is 27.8 Å². The highest BCUT2D eigenvalue weighted by Crippen LogP contribution is 2.19. The van der Waals surface area contributed by atoms with Crippen molar-refractivity contribution in [2.75, 3.05) is 17.2 Å². The molecule has 2 aromatic carbocycles. The second kappa shape index (κ2) is 10.6. The van der Waals surface area contributed by atoms with Gasteiger partial charge in [0, 0.05) is 23.8 Å². The maximum atomic E-state index is 12.3. The Balaban J connectivity index is 1.93. The number of aliphatic imine (C=N–C) groups is 1. The average molecular weight is 409 g/mol. The topological polar surface area (TPSA) is 156 Å². The van der Waals surface area contributed by atoms with Gasteiger partial charge in [-0.25, -0.2) is 4.79 Å². The number of hydrogen-bond donors (Lipinski definition) is 5. The van der Waals surface area contributed by atoms with Gasteiger partial charge in [0.05, 0.1) is 11.5 Å². The molecule has 9 nitrogen and oxygen atoms in total. The molecule has 0 spiro atoms. The maximum Gasteiger partial charge on any atom is 0.323 e. The van der Waals surface area contributed by atoms with Gasteiger partial charge in [0.25, 0.3) is 0 Å². The minimum Gasteiger partial charge on any atom is -0.388 e. The van der Waals surface area contributed by atoms with Crippen LogP contribution in [0.5, 0.6) is 0 Å². The summed E-state index contributed by atoms with van der Waals surface area (Å²) in [6.07, 6.45) is 0. The molecular weight excluding hydrogens is 380 g/mol. The van der Waals surface area contributed by atoms with E-state index in [0.717, 1.165) is 11.1 Å². The number of rotatable bonds is 7. The average Bonchev–Trinajstić information content (AvgIpc) is 2.71. The van der Waals surface area contributed by atoms with Crippen LogP contribution in [0.2, 0.25) is 0 Å². The van der Waals surface area contributed by atoms with Crippen LogP contribution in [-0.4, -0.2) is 30.1 Å². The fourth-order valence-corrected chi connectivity index (χ4v) is 2.56. The molecule has 0 radical (unpaired) electrons. The van der Waals surface area contributed by atoms with E-state index in [1.165, 1.54) is 0 Å². The van der Waals surface area contributed by atoms with Gasteiger partial charge in [0.1, 0.15) is 0 Å². The molecule has 0 fully saturated rings. The summed E-state index contributed by atoms with van der Waals surface area (Å²) in [7, 11) is 0. The maximum absolute atomic E-state index is 12.3. The van der Waals surface area contributed by atoms with Crippen molar-refractivity contribution in [1.29, 1.82) is 0 Å². The van der Waals surface area contributed by atoms with E-state index in [4.69, 9.17) is 17.2 Å². The third-order valence-electron chi connectivity index (χ3n) is 4.23. The van der Waals surface area contributed by atoms with Crippen molar-refractivity contribution < 1.29 is 4.79 Å². The SMILES string of the molecule is CC(N)=NCC(C)c1ccc(NC(=O)Nc2ccc(/C(C)=N/N=C(N)N)cc2)cc1. The number of hydrogen-bond acceptors (Lipinski definition) is 4. The first-order valence-electron chi connectivity index (χ1n) is 9.42. The number of nitrogens with zero attached hydrogens (tertiary/aromatic N) is 3. The Morgan fingerprint density at radius 2 is 1.43 bits per heavy atom. The van der Waals surface area contributed by atoms with Crippen molar-refractivity contribution in [3.05, 3.63) is 59.7 Å². The van der Waals surface area contributed by atoms with Gasteiger partial charge in [-0.2, -0.15) is 5.10 Å². The monoisotopic (exact) mass is 408 g/mol. The van der Waals surface area contributed by atoms with Crippen molar-refractivity contribution in [2.24, 2.45) is 32.4 Å². The third-order valence-corrected chi connectivity index (χ3v) is 4.23. The minimum absolute atomic E-state index is 0.106. The van der Waals surface area contributed by atoms with Crippen LogP contribution in [0, 0.1) is 0 Å². The van der Waals surface area contributed by atoms with Gasteiger partial charge < -0.3 is 27.8 Å². The van der Waals surface area contributed by atoms with Gasteiger partial charge in [0.15, 0.2) is 0 Å². The zero-order valence-corrected chi connectivity index (χ0v) is 17.4. The molecule has 0 saturated carbocycles. The molecule has 2 amide bonds. The molecule has 0 aliphatic heterocycles. The second-order valence-corrected chi connectivity index (χ2v) is 6.87. The van der Waals surface area contributed by atoms with Gasteiger partial charge in [-0.05, 0) is 49.2 Å². The number of benzene rings is 2. The Bertz CT molecular complexity index is 938. The molecule has 2 rings (SSSR count). The molecule has 0 bridgehead atoms. The number of carbonyl (C=O) groups excluding carboxylic acids is 1. The molecular formula is C21H28N8O. The quantitative estimate of drug-likeness (QED) is 0.271. The summed E-state index contributed by atoms with van der Waals surface area (Å²) in [5.41, 5.74) is 20.1. The lowest BCUT2D eigenvalue weighted by Crippen LogP contribution is -2.22. The lowest BCUT2D eigenvalue weighted by molar-refractivity contribution is 0.262. The molecule has 158 valence electrons. The Morgan fingerprint density at radius 1 is 0.900 bits per heavy atom. The number of anilines is 2. The fraction of sp³-hybridized carbons (Fsp3) is 0.238. The van der Waals surface area contributed by atoms with E-state index >= 15 is 0 Å². The van der Waals surface area contributed by atoms with Crippen LogP contribution >= 0.6 is 0 Å². The van der Waals surface area contributed by atoms with Crippen molar-refractivity contribution in [3.8, 4) is 0 Å². The van der Waals surface area contributed by atoms with Gasteiger partial charge in [0.2, 0.25) is 5.96 Å². The molecule has 0 aliphatic rings. The van der Waals surface area contributed by atoms with E-state index in [2.05, 4.69) is 32.8 Å². The number of amidine groups is 1. The van der Waals surface area contributed by atoms with Crippen LogP contribution in [0.25, 0.3) is 0 Å². The van der Waals surface area contributed by atoms with Crippen LogP contribution in [-0.2, 0) is 0 Å². The largest absolute Gasteiger partial charge is 0.388 e. The number of nitrogens with two attached hydrogens (primary N) is 3. The number of urea groups is 1. The van der Waals surface area contributed by atoms with E-state index in [0.29, 0.717) is 29.5 Å². The van der Waals surface area contributed by atoms with Crippen molar-refractivity contribution in [2.45, 2.75) is 26.7 Å². The van der Waals surface area contributed by atoms with Gasteiger partial charge in [-0.15, -0.1) is 5.10 Å². The zero-order valence-electron chi connectivity index (χ0n) is 17.4. The first-order chi connectivity index (χ1) is 14.2. The van der Waals surface area contributed by atoms with E-state index in [9.17, 15) is 4.79 Å². The van der Waals surface area contributed by atoms with Crippen LogP contribution in [0.1, 0.15) is 37.8 Å². The molecule has 9 heteroatoms. The predicted octanol–water partition coefficient (Wildman–Crippen LogP) is 2.81. The number of amides is 2. The number of carbonyl (C=O) groups is 1. The standard InChI is InChI=1S/C21H28N8O/c1-13(12-25-15(3)22)16-4-8-18(9-5-16)26-21(30)27-19-10-6-17(7-11-19)14(2)28-29-20(23)24/h4-11,13H,12H2,1-3H3,(H2,22,25)(H4,23,24,29)(H2,26,27,30)/b28-14+. The molecule has 2 aromatic rings. The number of guanidine groups is 1. The van der Waals surface area contributed by atoms with E-state index in [1.807, 2.05) is 36.4 Å². The van der Waals surface area contributed by atoms with E-state index in [1.54, 1.807) is 26.0 Å². The van der Waals surface area contributed by atoms with Crippen molar-refractivity contribution >= 4 is 34.9 Å². The highest BCUT2D eigenvalue weighted by atomic mass is 16.2. The summed E-state index contributed by atoms with van der Waals surface area (Å²) in [5.74, 6) is 0.705. The Hall–Kier alpha value is -3.88. The molecule has 30 heavy (non-hydrogen) atoms. The van der Waals surface area contributed by atoms with Gasteiger partial charge >= 0.3 is 6.03 Å². The van der Waals surface area contributed by atoms with Crippen molar-refractivity contribution in [3.63, 3.8) is 0 Å². The Kier molecular flexibility index (Phi) is 7.92. The van der Waals surface area contributed by atoms with Crippen LogP contribution in [0.15, 0.2) is 63.7 Å².